The van der Waals surface area contributed by atoms with E-state index >= 15 is 0 Å². The van der Waals surface area contributed by atoms with Crippen LogP contribution in [0, 0.1) is 18.3 Å². The highest BCUT2D eigenvalue weighted by atomic mass is 32.2. The van der Waals surface area contributed by atoms with Crippen molar-refractivity contribution >= 4 is 34.4 Å². The molecule has 0 saturated carbocycles. The van der Waals surface area contributed by atoms with Gasteiger partial charge in [-0.1, -0.05) is 30.0 Å². The number of nitrogens with one attached hydrogen (secondary N) is 2. The minimum atomic E-state index is -0.349. The molecule has 0 fully saturated rings. The number of H-pyrrole nitrogens is 1. The number of aryl methyl sites for hydroxylation is 1. The maximum atomic E-state index is 12.4. The summed E-state index contributed by atoms with van der Waals surface area (Å²) in [5.74, 6) is -0.167. The lowest BCUT2D eigenvalue weighted by Crippen LogP contribution is -2.23. The molecule has 0 bridgehead atoms. The van der Waals surface area contributed by atoms with E-state index in [4.69, 9.17) is 5.26 Å². The molecule has 0 saturated heterocycles. The minimum Gasteiger partial charge on any atom is -0.333 e. The van der Waals surface area contributed by atoms with Gasteiger partial charge in [0, 0.05) is 0 Å². The summed E-state index contributed by atoms with van der Waals surface area (Å²) >= 11 is 1.35. The zero-order valence-electron chi connectivity index (χ0n) is 13.3. The number of rotatable bonds is 4. The molecule has 1 amide bonds. The Hall–Kier alpha value is -2.78. The van der Waals surface area contributed by atoms with Crippen LogP contribution in [0.25, 0.3) is 11.0 Å². The van der Waals surface area contributed by atoms with Gasteiger partial charge in [0.1, 0.15) is 6.07 Å². The number of aromatic nitrogens is 2. The fraction of sp³-hybridized carbons (Fsp3) is 0.167. The normalized spacial score (nSPS) is 11.9. The van der Waals surface area contributed by atoms with Crippen LogP contribution in [0.3, 0.4) is 0 Å². The van der Waals surface area contributed by atoms with E-state index < -0.39 is 0 Å². The lowest BCUT2D eigenvalue weighted by Gasteiger charge is -2.11. The van der Waals surface area contributed by atoms with Crippen molar-refractivity contribution in [1.29, 1.82) is 5.26 Å². The molecular weight excluding hydrogens is 320 g/mol. The van der Waals surface area contributed by atoms with E-state index in [2.05, 4.69) is 21.4 Å². The molecule has 1 unspecified atom stereocenters. The van der Waals surface area contributed by atoms with Gasteiger partial charge in [-0.2, -0.15) is 5.26 Å². The van der Waals surface area contributed by atoms with Gasteiger partial charge in [-0.25, -0.2) is 4.98 Å². The number of imidazole rings is 1. The molecule has 0 aliphatic rings. The highest BCUT2D eigenvalue weighted by Gasteiger charge is 2.17. The van der Waals surface area contributed by atoms with E-state index in [9.17, 15) is 4.79 Å². The van der Waals surface area contributed by atoms with Crippen molar-refractivity contribution in [3.05, 3.63) is 53.6 Å². The zero-order chi connectivity index (χ0) is 17.1. The van der Waals surface area contributed by atoms with Gasteiger partial charge in [0.15, 0.2) is 5.16 Å². The molecule has 1 heterocycles. The monoisotopic (exact) mass is 336 g/mol. The van der Waals surface area contributed by atoms with E-state index in [1.807, 2.05) is 32.0 Å². The SMILES string of the molecule is Cc1ccc2nc(SC(C)C(=O)Nc3ccccc3C#N)[nH]c2c1. The first kappa shape index (κ1) is 16.1. The molecule has 2 aromatic carbocycles. The van der Waals surface area contributed by atoms with Gasteiger partial charge in [0.2, 0.25) is 5.91 Å². The van der Waals surface area contributed by atoms with Crippen molar-refractivity contribution in [2.75, 3.05) is 5.32 Å². The van der Waals surface area contributed by atoms with Crippen molar-refractivity contribution in [1.82, 2.24) is 9.97 Å². The summed E-state index contributed by atoms with van der Waals surface area (Å²) in [6.45, 7) is 3.84. The number of thioether (sulfide) groups is 1. The van der Waals surface area contributed by atoms with Crippen molar-refractivity contribution in [3.8, 4) is 6.07 Å². The van der Waals surface area contributed by atoms with E-state index in [-0.39, 0.29) is 11.2 Å². The van der Waals surface area contributed by atoms with Crippen LogP contribution in [-0.4, -0.2) is 21.1 Å². The summed E-state index contributed by atoms with van der Waals surface area (Å²) in [6, 6.07) is 15.0. The topological polar surface area (TPSA) is 81.6 Å². The largest absolute Gasteiger partial charge is 0.333 e. The van der Waals surface area contributed by atoms with Crippen LogP contribution in [0.2, 0.25) is 0 Å². The summed E-state index contributed by atoms with van der Waals surface area (Å²) in [5.41, 5.74) is 3.96. The predicted molar refractivity (Wildman–Crippen MR) is 95.9 cm³/mol. The first-order chi connectivity index (χ1) is 11.6. The Morgan fingerprint density at radius 2 is 2.12 bits per heavy atom. The molecular formula is C18H16N4OS. The average Bonchev–Trinajstić information content (AvgIpc) is 2.96. The van der Waals surface area contributed by atoms with Gasteiger partial charge < -0.3 is 10.3 Å². The minimum absolute atomic E-state index is 0.167. The number of carbonyl (C=O) groups excluding carboxylic acids is 1. The van der Waals surface area contributed by atoms with Crippen molar-refractivity contribution < 1.29 is 4.79 Å². The Morgan fingerprint density at radius 3 is 2.92 bits per heavy atom. The van der Waals surface area contributed by atoms with Gasteiger partial charge in [-0.15, -0.1) is 0 Å². The van der Waals surface area contributed by atoms with Crippen molar-refractivity contribution in [3.63, 3.8) is 0 Å². The standard InChI is InChI=1S/C18H16N4OS/c1-11-7-8-15-16(9-11)22-18(21-15)24-12(2)17(23)20-14-6-4-3-5-13(14)10-19/h3-9,12H,1-2H3,(H,20,23)(H,21,22). The Morgan fingerprint density at radius 1 is 1.33 bits per heavy atom. The second-order valence-corrected chi connectivity index (χ2v) is 6.80. The van der Waals surface area contributed by atoms with E-state index in [0.29, 0.717) is 16.4 Å². The fourth-order valence-corrected chi connectivity index (χ4v) is 3.12. The van der Waals surface area contributed by atoms with E-state index in [0.717, 1.165) is 16.6 Å². The molecule has 2 N–H and O–H groups in total. The third-order valence-corrected chi connectivity index (χ3v) is 4.56. The van der Waals surface area contributed by atoms with Gasteiger partial charge in [-0.3, -0.25) is 4.79 Å². The highest BCUT2D eigenvalue weighted by Crippen LogP contribution is 2.25. The first-order valence-electron chi connectivity index (χ1n) is 7.50. The Labute approximate surface area is 144 Å². The third-order valence-electron chi connectivity index (χ3n) is 3.58. The fourth-order valence-electron chi connectivity index (χ4n) is 2.30. The van der Waals surface area contributed by atoms with Crippen LogP contribution in [-0.2, 0) is 4.79 Å². The summed E-state index contributed by atoms with van der Waals surface area (Å²) in [4.78, 5) is 20.1. The number of fused-ring (bicyclic) bond motifs is 1. The van der Waals surface area contributed by atoms with Crippen LogP contribution < -0.4 is 5.32 Å². The molecule has 0 radical (unpaired) electrons. The van der Waals surface area contributed by atoms with E-state index in [1.54, 1.807) is 24.3 Å². The first-order valence-corrected chi connectivity index (χ1v) is 8.38. The molecule has 24 heavy (non-hydrogen) atoms. The maximum absolute atomic E-state index is 12.4. The van der Waals surface area contributed by atoms with Gasteiger partial charge in [0.25, 0.3) is 0 Å². The van der Waals surface area contributed by atoms with Crippen molar-refractivity contribution in [2.24, 2.45) is 0 Å². The zero-order valence-corrected chi connectivity index (χ0v) is 14.1. The molecule has 120 valence electrons. The number of carbonyl (C=O) groups is 1. The number of anilines is 1. The summed E-state index contributed by atoms with van der Waals surface area (Å²) in [5, 5.41) is 12.2. The number of benzene rings is 2. The smallest absolute Gasteiger partial charge is 0.237 e. The number of hydrogen-bond acceptors (Lipinski definition) is 4. The molecule has 6 heteroatoms. The quantitative estimate of drug-likeness (QED) is 0.709. The number of nitriles is 1. The summed E-state index contributed by atoms with van der Waals surface area (Å²) in [6.07, 6.45) is 0. The van der Waals surface area contributed by atoms with E-state index in [1.165, 1.54) is 11.8 Å². The summed E-state index contributed by atoms with van der Waals surface area (Å²) in [7, 11) is 0. The van der Waals surface area contributed by atoms with Gasteiger partial charge in [-0.05, 0) is 43.7 Å². The van der Waals surface area contributed by atoms with Crippen molar-refractivity contribution in [2.45, 2.75) is 24.3 Å². The Kier molecular flexibility index (Phi) is 4.54. The molecule has 3 aromatic rings. The number of nitrogens with zero attached hydrogens (tertiary/aromatic N) is 2. The second-order valence-electron chi connectivity index (χ2n) is 5.47. The van der Waals surface area contributed by atoms with Crippen LogP contribution in [0.15, 0.2) is 47.6 Å². The number of amides is 1. The van der Waals surface area contributed by atoms with Crippen LogP contribution in [0.1, 0.15) is 18.1 Å². The molecule has 0 aliphatic heterocycles. The molecule has 1 atom stereocenters. The molecule has 5 nitrogen and oxygen atoms in total. The number of para-hydroxylation sites is 1. The average molecular weight is 336 g/mol. The van der Waals surface area contributed by atoms with Crippen LogP contribution >= 0.6 is 11.8 Å². The maximum Gasteiger partial charge on any atom is 0.237 e. The third kappa shape index (κ3) is 3.42. The van der Waals surface area contributed by atoms with Crippen LogP contribution in [0.4, 0.5) is 5.69 Å². The lowest BCUT2D eigenvalue weighted by atomic mass is 10.2. The van der Waals surface area contributed by atoms with Gasteiger partial charge >= 0.3 is 0 Å². The lowest BCUT2D eigenvalue weighted by molar-refractivity contribution is -0.115. The molecule has 0 spiro atoms. The summed E-state index contributed by atoms with van der Waals surface area (Å²) < 4.78 is 0. The Balaban J connectivity index is 1.72. The molecule has 3 rings (SSSR count). The number of hydrogen-bond donors (Lipinski definition) is 2. The van der Waals surface area contributed by atoms with Crippen LogP contribution in [0.5, 0.6) is 0 Å². The predicted octanol–water partition coefficient (Wildman–Crippen LogP) is 3.86. The Bertz CT molecular complexity index is 942. The number of aromatic amines is 1. The molecule has 1 aromatic heterocycles. The molecule has 0 aliphatic carbocycles. The highest BCUT2D eigenvalue weighted by molar-refractivity contribution is 8.00. The second kappa shape index (κ2) is 6.77. The van der Waals surface area contributed by atoms with Gasteiger partial charge in [0.05, 0.1) is 27.5 Å².